The van der Waals surface area contributed by atoms with E-state index >= 15 is 0 Å². The average Bonchev–Trinajstić information content (AvgIpc) is 3.45. The highest BCUT2D eigenvalue weighted by atomic mass is 35.5. The zero-order valence-electron chi connectivity index (χ0n) is 25.9. The molecule has 2 amide bonds. The van der Waals surface area contributed by atoms with Crippen LogP contribution in [0.4, 0.5) is 8.78 Å². The third kappa shape index (κ3) is 5.59. The summed E-state index contributed by atoms with van der Waals surface area (Å²) < 4.78 is 28.8. The van der Waals surface area contributed by atoms with Gasteiger partial charge in [0.2, 0.25) is 11.8 Å². The number of nitrogens with zero attached hydrogens (tertiary/aromatic N) is 2. The smallest absolute Gasteiger partial charge is 0.227 e. The first-order chi connectivity index (χ1) is 19.5. The molecular weight excluding hydrogens is 556 g/mol. The molecule has 1 spiro atoms. The molecule has 42 heavy (non-hydrogen) atoms. The monoisotopic (exact) mass is 599 g/mol. The molecule has 5 nitrogen and oxygen atoms in total. The fourth-order valence-electron chi connectivity index (χ4n) is 7.83. The van der Waals surface area contributed by atoms with E-state index in [-0.39, 0.29) is 34.6 Å². The van der Waals surface area contributed by atoms with Gasteiger partial charge in [-0.1, -0.05) is 23.7 Å². The van der Waals surface area contributed by atoms with Gasteiger partial charge in [-0.05, 0) is 101 Å². The van der Waals surface area contributed by atoms with E-state index in [1.165, 1.54) is 23.3 Å². The topological polar surface area (TPSA) is 52.7 Å². The third-order valence-corrected chi connectivity index (χ3v) is 10.6. The van der Waals surface area contributed by atoms with Crippen molar-refractivity contribution in [2.24, 2.45) is 5.92 Å². The van der Waals surface area contributed by atoms with Crippen LogP contribution < -0.4 is 5.32 Å². The van der Waals surface area contributed by atoms with Gasteiger partial charge >= 0.3 is 0 Å². The zero-order chi connectivity index (χ0) is 30.8. The molecule has 2 heterocycles. The van der Waals surface area contributed by atoms with Gasteiger partial charge in [-0.3, -0.25) is 14.5 Å². The van der Waals surface area contributed by atoms with Crippen molar-refractivity contribution in [3.63, 3.8) is 0 Å². The Morgan fingerprint density at radius 2 is 1.67 bits per heavy atom. The molecule has 0 saturated carbocycles. The summed E-state index contributed by atoms with van der Waals surface area (Å²) in [7, 11) is 0. The number of likely N-dealkylation sites (tertiary alicyclic amines) is 2. The van der Waals surface area contributed by atoms with Crippen LogP contribution in [-0.4, -0.2) is 58.9 Å². The predicted molar refractivity (Wildman–Crippen MR) is 163 cm³/mol. The predicted octanol–water partition coefficient (Wildman–Crippen LogP) is 6.70. The van der Waals surface area contributed by atoms with Gasteiger partial charge in [-0.2, -0.15) is 0 Å². The number of carbonyl (C=O) groups is 2. The van der Waals surface area contributed by atoms with Gasteiger partial charge in [-0.25, -0.2) is 8.78 Å². The van der Waals surface area contributed by atoms with Crippen molar-refractivity contribution in [1.82, 2.24) is 15.1 Å². The van der Waals surface area contributed by atoms with E-state index < -0.39 is 23.1 Å². The molecule has 0 aromatic heterocycles. The molecule has 2 aromatic carbocycles. The molecule has 2 saturated heterocycles. The third-order valence-electron chi connectivity index (χ3n) is 10.2. The number of rotatable bonds is 4. The highest BCUT2D eigenvalue weighted by Crippen LogP contribution is 2.56. The Morgan fingerprint density at radius 1 is 1.00 bits per heavy atom. The number of piperidine rings is 1. The van der Waals surface area contributed by atoms with Crippen molar-refractivity contribution in [2.75, 3.05) is 26.2 Å². The molecule has 2 aliphatic heterocycles. The molecule has 2 fully saturated rings. The Morgan fingerprint density at radius 3 is 2.26 bits per heavy atom. The van der Waals surface area contributed by atoms with Gasteiger partial charge < -0.3 is 10.2 Å². The maximum absolute atomic E-state index is 15.0. The van der Waals surface area contributed by atoms with Crippen LogP contribution in [0.5, 0.6) is 0 Å². The largest absolute Gasteiger partial charge is 0.351 e. The fourth-order valence-corrected chi connectivity index (χ4v) is 7.99. The Kier molecular flexibility index (Phi) is 8.02. The van der Waals surface area contributed by atoms with Crippen molar-refractivity contribution < 1.29 is 18.4 Å². The highest BCUT2D eigenvalue weighted by molar-refractivity contribution is 6.31. The molecular formula is C34H44ClF2N3O2. The number of nitrogens with one attached hydrogen (secondary N) is 1. The van der Waals surface area contributed by atoms with Crippen molar-refractivity contribution in [3.05, 3.63) is 69.2 Å². The van der Waals surface area contributed by atoms with Gasteiger partial charge in [0, 0.05) is 67.1 Å². The molecule has 228 valence electrons. The standard InChI is InChI=1S/C34H44ClF2N3O2/c1-20-14-24-27(16-29(20)35)34(17-28(24)33(6,7)38-21(2)41)10-12-39(13-11-34)31(42)26-19-40(32(3,4)5)18-25(26)23-9-8-22(36)15-30(23)37/h8-9,14-16,25-26,28H,10-13,17-19H2,1-7H3,(H,38,41)/t25-,26?,28+/m0/s1. The number of amides is 2. The van der Waals surface area contributed by atoms with Gasteiger partial charge in [0.25, 0.3) is 0 Å². The Balaban J connectivity index is 1.40. The van der Waals surface area contributed by atoms with Gasteiger partial charge in [0.15, 0.2) is 0 Å². The second kappa shape index (κ2) is 10.9. The van der Waals surface area contributed by atoms with Crippen LogP contribution in [-0.2, 0) is 15.0 Å². The van der Waals surface area contributed by atoms with Crippen molar-refractivity contribution in [1.29, 1.82) is 0 Å². The van der Waals surface area contributed by atoms with Crippen LogP contribution in [0.15, 0.2) is 30.3 Å². The van der Waals surface area contributed by atoms with Crippen molar-refractivity contribution >= 4 is 23.4 Å². The minimum atomic E-state index is -0.613. The van der Waals surface area contributed by atoms with E-state index in [9.17, 15) is 18.4 Å². The normalized spacial score (nSPS) is 24.2. The summed E-state index contributed by atoms with van der Waals surface area (Å²) in [6, 6.07) is 8.00. The number of carbonyl (C=O) groups excluding carboxylic acids is 2. The minimum Gasteiger partial charge on any atom is -0.351 e. The van der Waals surface area contributed by atoms with Gasteiger partial charge in [-0.15, -0.1) is 0 Å². The van der Waals surface area contributed by atoms with E-state index in [2.05, 4.69) is 57.0 Å². The molecule has 1 aliphatic carbocycles. The summed E-state index contributed by atoms with van der Waals surface area (Å²) >= 11 is 6.66. The zero-order valence-corrected chi connectivity index (χ0v) is 26.7. The van der Waals surface area contributed by atoms with Crippen LogP contribution in [0.1, 0.15) is 94.9 Å². The van der Waals surface area contributed by atoms with Gasteiger partial charge in [0.1, 0.15) is 11.6 Å². The van der Waals surface area contributed by atoms with E-state index in [4.69, 9.17) is 11.6 Å². The summed E-state index contributed by atoms with van der Waals surface area (Å²) in [5.74, 6) is -1.84. The first-order valence-corrected chi connectivity index (χ1v) is 15.5. The summed E-state index contributed by atoms with van der Waals surface area (Å²) in [6.07, 6.45) is 2.47. The maximum Gasteiger partial charge on any atom is 0.227 e. The van der Waals surface area contributed by atoms with Crippen LogP contribution in [0, 0.1) is 24.5 Å². The molecule has 3 aliphatic rings. The number of halogens is 3. The highest BCUT2D eigenvalue weighted by Gasteiger charge is 2.52. The first kappa shape index (κ1) is 30.9. The fraction of sp³-hybridized carbons (Fsp3) is 0.588. The van der Waals surface area contributed by atoms with E-state index in [0.717, 1.165) is 35.9 Å². The number of benzene rings is 2. The molecule has 3 atom stereocenters. The Hall–Kier alpha value is -2.51. The summed E-state index contributed by atoms with van der Waals surface area (Å²) in [5.41, 5.74) is 3.14. The van der Waals surface area contributed by atoms with Crippen molar-refractivity contribution in [3.8, 4) is 0 Å². The lowest BCUT2D eigenvalue weighted by Gasteiger charge is -2.42. The summed E-state index contributed by atoms with van der Waals surface area (Å²) in [6.45, 7) is 16.3. The maximum atomic E-state index is 15.0. The molecule has 0 bridgehead atoms. The van der Waals surface area contributed by atoms with Crippen LogP contribution in [0.25, 0.3) is 0 Å². The lowest BCUT2D eigenvalue weighted by Crippen LogP contribution is -2.49. The number of fused-ring (bicyclic) bond motifs is 2. The Bertz CT molecular complexity index is 1390. The second-order valence-electron chi connectivity index (χ2n) is 14.4. The molecule has 0 radical (unpaired) electrons. The second-order valence-corrected chi connectivity index (χ2v) is 14.8. The molecule has 1 unspecified atom stereocenters. The lowest BCUT2D eigenvalue weighted by molar-refractivity contribution is -0.137. The first-order valence-electron chi connectivity index (χ1n) is 15.1. The summed E-state index contributed by atoms with van der Waals surface area (Å²) in [5, 5.41) is 3.91. The lowest BCUT2D eigenvalue weighted by atomic mass is 9.71. The molecule has 5 rings (SSSR count). The van der Waals surface area contributed by atoms with Crippen LogP contribution in [0.2, 0.25) is 5.02 Å². The quantitative estimate of drug-likeness (QED) is 0.425. The molecule has 8 heteroatoms. The minimum absolute atomic E-state index is 0.0422. The van der Waals surface area contributed by atoms with Crippen LogP contribution in [0.3, 0.4) is 0 Å². The SMILES string of the molecule is CC(=O)NC(C)(C)[C@@H]1CC2(CCN(C(=O)C3CN(C(C)(C)C)C[C@H]3c3ccc(F)cc3F)CC2)c2cc(Cl)c(C)cc21. The Labute approximate surface area is 254 Å². The molecule has 1 N–H and O–H groups in total. The van der Waals surface area contributed by atoms with E-state index in [0.29, 0.717) is 31.7 Å². The van der Waals surface area contributed by atoms with E-state index in [1.54, 1.807) is 6.92 Å². The number of hydrogen-bond donors (Lipinski definition) is 1. The van der Waals surface area contributed by atoms with Crippen LogP contribution >= 0.6 is 11.6 Å². The molecule has 2 aromatic rings. The average molecular weight is 600 g/mol. The van der Waals surface area contributed by atoms with Crippen molar-refractivity contribution in [2.45, 2.75) is 96.1 Å². The number of hydrogen-bond acceptors (Lipinski definition) is 3. The summed E-state index contributed by atoms with van der Waals surface area (Å²) in [4.78, 5) is 30.4. The van der Waals surface area contributed by atoms with Gasteiger partial charge in [0.05, 0.1) is 5.92 Å². The van der Waals surface area contributed by atoms with E-state index in [1.807, 2.05) is 11.8 Å². The number of aryl methyl sites for hydroxylation is 1.